The molecule has 3 heteroatoms. The van der Waals surface area contributed by atoms with Crippen LogP contribution in [0.4, 0.5) is 0 Å². The van der Waals surface area contributed by atoms with E-state index in [1.807, 2.05) is 20.0 Å². The summed E-state index contributed by atoms with van der Waals surface area (Å²) >= 11 is 0. The minimum absolute atomic E-state index is 0.160. The lowest BCUT2D eigenvalue weighted by atomic mass is 10.1. The van der Waals surface area contributed by atoms with Crippen LogP contribution in [-0.4, -0.2) is 19.8 Å². The van der Waals surface area contributed by atoms with E-state index in [1.54, 1.807) is 12.5 Å². The summed E-state index contributed by atoms with van der Waals surface area (Å²) in [5.74, 6) is 0. The summed E-state index contributed by atoms with van der Waals surface area (Å²) in [6.07, 6.45) is 3.59. The van der Waals surface area contributed by atoms with Crippen LogP contribution in [0, 0.1) is 0 Å². The zero-order chi connectivity index (χ0) is 9.68. The van der Waals surface area contributed by atoms with Gasteiger partial charge in [-0.1, -0.05) is 0 Å². The zero-order valence-electron chi connectivity index (χ0n) is 8.41. The lowest BCUT2D eigenvalue weighted by Crippen LogP contribution is -2.29. The zero-order valence-corrected chi connectivity index (χ0v) is 8.41. The molecule has 0 aliphatic heterocycles. The highest BCUT2D eigenvalue weighted by atomic mass is 16.5. The molecule has 0 saturated heterocycles. The second-order valence-corrected chi connectivity index (χ2v) is 2.98. The molecule has 0 bridgehead atoms. The van der Waals surface area contributed by atoms with Gasteiger partial charge in [0, 0.05) is 12.2 Å². The molecule has 13 heavy (non-hydrogen) atoms. The molecule has 1 heterocycles. The fourth-order valence-electron chi connectivity index (χ4n) is 1.48. The molecule has 3 nitrogen and oxygen atoms in total. The lowest BCUT2D eigenvalue weighted by molar-refractivity contribution is 0.0491. The van der Waals surface area contributed by atoms with Gasteiger partial charge in [0.25, 0.3) is 0 Å². The van der Waals surface area contributed by atoms with E-state index in [4.69, 9.17) is 9.15 Å². The second kappa shape index (κ2) is 5.04. The molecule has 0 radical (unpaired) electrons. The monoisotopic (exact) mass is 183 g/mol. The first-order valence-electron chi connectivity index (χ1n) is 4.60. The average molecular weight is 183 g/mol. The van der Waals surface area contributed by atoms with Gasteiger partial charge in [-0.05, 0) is 27.0 Å². The van der Waals surface area contributed by atoms with Gasteiger partial charge >= 0.3 is 0 Å². The van der Waals surface area contributed by atoms with Gasteiger partial charge in [-0.25, -0.2) is 0 Å². The number of nitrogens with one attached hydrogen (secondary N) is 1. The molecule has 1 rings (SSSR count). The predicted octanol–water partition coefficient (Wildman–Crippen LogP) is 1.97. The van der Waals surface area contributed by atoms with E-state index in [9.17, 15) is 0 Å². The van der Waals surface area contributed by atoms with Gasteiger partial charge in [0.05, 0.1) is 24.7 Å². The van der Waals surface area contributed by atoms with Gasteiger partial charge in [0.1, 0.15) is 0 Å². The number of hydrogen-bond acceptors (Lipinski definition) is 3. The van der Waals surface area contributed by atoms with Crippen molar-refractivity contribution in [1.29, 1.82) is 0 Å². The highest BCUT2D eigenvalue weighted by Crippen LogP contribution is 2.18. The number of rotatable bonds is 5. The number of hydrogen-bond donors (Lipinski definition) is 1. The molecule has 0 fully saturated rings. The van der Waals surface area contributed by atoms with Crippen LogP contribution < -0.4 is 5.32 Å². The molecule has 0 spiro atoms. The molecule has 2 atom stereocenters. The molecule has 1 aromatic heterocycles. The van der Waals surface area contributed by atoms with Crippen LogP contribution in [-0.2, 0) is 4.74 Å². The van der Waals surface area contributed by atoms with E-state index in [0.29, 0.717) is 0 Å². The fraction of sp³-hybridized carbons (Fsp3) is 0.600. The fourth-order valence-corrected chi connectivity index (χ4v) is 1.48. The van der Waals surface area contributed by atoms with Crippen LogP contribution in [0.2, 0.25) is 0 Å². The Labute approximate surface area is 79.1 Å². The van der Waals surface area contributed by atoms with Crippen LogP contribution in [0.25, 0.3) is 0 Å². The normalized spacial score (nSPS) is 15.6. The molecule has 0 saturated carbocycles. The molecule has 1 aromatic rings. The van der Waals surface area contributed by atoms with Crippen molar-refractivity contribution in [2.24, 2.45) is 0 Å². The first-order valence-corrected chi connectivity index (χ1v) is 4.60. The molecule has 1 N–H and O–H groups in total. The first kappa shape index (κ1) is 10.3. The van der Waals surface area contributed by atoms with Crippen molar-refractivity contribution >= 4 is 0 Å². The third-order valence-corrected chi connectivity index (χ3v) is 2.11. The van der Waals surface area contributed by atoms with E-state index >= 15 is 0 Å². The van der Waals surface area contributed by atoms with Gasteiger partial charge in [0.2, 0.25) is 0 Å². The minimum Gasteiger partial charge on any atom is -0.472 e. The van der Waals surface area contributed by atoms with Crippen LogP contribution in [0.1, 0.15) is 25.5 Å². The van der Waals surface area contributed by atoms with Gasteiger partial charge < -0.3 is 14.5 Å². The van der Waals surface area contributed by atoms with Crippen molar-refractivity contribution in [3.63, 3.8) is 0 Å². The second-order valence-electron chi connectivity index (χ2n) is 2.98. The lowest BCUT2D eigenvalue weighted by Gasteiger charge is -2.22. The van der Waals surface area contributed by atoms with Gasteiger partial charge in [-0.15, -0.1) is 0 Å². The Kier molecular flexibility index (Phi) is 3.99. The van der Waals surface area contributed by atoms with Crippen molar-refractivity contribution in [3.05, 3.63) is 24.2 Å². The largest absolute Gasteiger partial charge is 0.472 e. The van der Waals surface area contributed by atoms with Crippen molar-refractivity contribution in [3.8, 4) is 0 Å². The average Bonchev–Trinajstić information content (AvgIpc) is 2.59. The van der Waals surface area contributed by atoms with E-state index in [1.165, 1.54) is 0 Å². The van der Waals surface area contributed by atoms with Crippen molar-refractivity contribution in [2.45, 2.75) is 26.0 Å². The maximum Gasteiger partial charge on any atom is 0.0951 e. The SMILES string of the molecule is CCOC(C)C(NC)c1ccoc1. The van der Waals surface area contributed by atoms with Crippen molar-refractivity contribution < 1.29 is 9.15 Å². The van der Waals surface area contributed by atoms with Crippen molar-refractivity contribution in [2.75, 3.05) is 13.7 Å². The molecule has 74 valence electrons. The van der Waals surface area contributed by atoms with Gasteiger partial charge in [-0.3, -0.25) is 0 Å². The maximum absolute atomic E-state index is 5.51. The molecule has 2 unspecified atom stereocenters. The summed E-state index contributed by atoms with van der Waals surface area (Å²) in [6.45, 7) is 4.79. The van der Waals surface area contributed by atoms with E-state index in [-0.39, 0.29) is 12.1 Å². The topological polar surface area (TPSA) is 34.4 Å². The summed E-state index contributed by atoms with van der Waals surface area (Å²) < 4.78 is 10.5. The third-order valence-electron chi connectivity index (χ3n) is 2.11. The molecular formula is C10H17NO2. The number of furan rings is 1. The van der Waals surface area contributed by atoms with Crippen molar-refractivity contribution in [1.82, 2.24) is 5.32 Å². The molecular weight excluding hydrogens is 166 g/mol. The predicted molar refractivity (Wildman–Crippen MR) is 51.6 cm³/mol. The Morgan fingerprint density at radius 2 is 2.38 bits per heavy atom. The Hall–Kier alpha value is -0.800. The van der Waals surface area contributed by atoms with E-state index in [2.05, 4.69) is 12.2 Å². The summed E-state index contributed by atoms with van der Waals surface area (Å²) in [5, 5.41) is 3.20. The van der Waals surface area contributed by atoms with E-state index < -0.39 is 0 Å². The number of likely N-dealkylation sites (N-methyl/N-ethyl adjacent to an activating group) is 1. The third kappa shape index (κ3) is 2.57. The van der Waals surface area contributed by atoms with Crippen LogP contribution >= 0.6 is 0 Å². The summed E-state index contributed by atoms with van der Waals surface area (Å²) in [7, 11) is 1.92. The number of ether oxygens (including phenoxy) is 1. The highest BCUT2D eigenvalue weighted by Gasteiger charge is 2.18. The highest BCUT2D eigenvalue weighted by molar-refractivity contribution is 5.12. The smallest absolute Gasteiger partial charge is 0.0951 e. The first-order chi connectivity index (χ1) is 6.29. The standard InChI is InChI=1S/C10H17NO2/c1-4-13-8(2)10(11-3)9-5-6-12-7-9/h5-8,10-11H,4H2,1-3H3. The minimum atomic E-state index is 0.160. The van der Waals surface area contributed by atoms with Crippen LogP contribution in [0.15, 0.2) is 23.0 Å². The van der Waals surface area contributed by atoms with Gasteiger partial charge in [-0.2, -0.15) is 0 Å². The quantitative estimate of drug-likeness (QED) is 0.757. The van der Waals surface area contributed by atoms with Crippen LogP contribution in [0.5, 0.6) is 0 Å². The summed E-state index contributed by atoms with van der Waals surface area (Å²) in [6, 6.07) is 2.16. The maximum atomic E-state index is 5.51. The Morgan fingerprint density at radius 3 is 2.85 bits per heavy atom. The molecule has 0 aliphatic carbocycles. The van der Waals surface area contributed by atoms with Crippen LogP contribution in [0.3, 0.4) is 0 Å². The Morgan fingerprint density at radius 1 is 1.62 bits per heavy atom. The van der Waals surface area contributed by atoms with E-state index in [0.717, 1.165) is 12.2 Å². The molecule has 0 aromatic carbocycles. The Bertz CT molecular complexity index is 221. The molecule has 0 aliphatic rings. The molecule has 0 amide bonds. The van der Waals surface area contributed by atoms with Gasteiger partial charge in [0.15, 0.2) is 0 Å². The Balaban J connectivity index is 2.62. The summed E-state index contributed by atoms with van der Waals surface area (Å²) in [4.78, 5) is 0. The summed E-state index contributed by atoms with van der Waals surface area (Å²) in [5.41, 5.74) is 1.13.